The summed E-state index contributed by atoms with van der Waals surface area (Å²) in [4.78, 5) is 41.7. The number of amides is 2. The number of oxazole rings is 6. The van der Waals surface area contributed by atoms with Gasteiger partial charge in [0.15, 0.2) is 39.4 Å². The van der Waals surface area contributed by atoms with Crippen LogP contribution in [0.5, 0.6) is 0 Å². The number of urea groups is 1. The van der Waals surface area contributed by atoms with Gasteiger partial charge in [0.25, 0.3) is 0 Å². The lowest BCUT2D eigenvalue weighted by atomic mass is 10.1. The zero-order valence-electron chi connectivity index (χ0n) is 35.7. The van der Waals surface area contributed by atoms with Crippen molar-refractivity contribution in [1.82, 2.24) is 29.9 Å². The van der Waals surface area contributed by atoms with Gasteiger partial charge in [-0.3, -0.25) is 0 Å². The molecule has 0 aliphatic carbocycles. The summed E-state index contributed by atoms with van der Waals surface area (Å²) in [6, 6.07) is 38.1. The normalized spacial score (nSPS) is 11.7. The van der Waals surface area contributed by atoms with Crippen LogP contribution in [-0.4, -0.2) is 35.9 Å². The summed E-state index contributed by atoms with van der Waals surface area (Å²) in [5.41, 5.74) is 13.1. The first kappa shape index (κ1) is 38.6. The third-order valence-corrected chi connectivity index (χ3v) is 11.4. The van der Waals surface area contributed by atoms with E-state index in [1.54, 1.807) is 67.6 Å². The first-order valence-electron chi connectivity index (χ1n) is 21.3. The smallest absolute Gasteiger partial charge is 0.323 e. The Morgan fingerprint density at radius 3 is 1.26 bits per heavy atom. The van der Waals surface area contributed by atoms with Crippen molar-refractivity contribution in [3.63, 3.8) is 0 Å². The van der Waals surface area contributed by atoms with Gasteiger partial charge in [-0.25, -0.2) is 34.7 Å². The van der Waals surface area contributed by atoms with Crippen molar-refractivity contribution >= 4 is 84.0 Å². The van der Waals surface area contributed by atoms with E-state index in [9.17, 15) is 4.79 Å². The predicted octanol–water partition coefficient (Wildman–Crippen LogP) is 13.1. The van der Waals surface area contributed by atoms with E-state index in [0.717, 1.165) is 22.3 Å². The van der Waals surface area contributed by atoms with E-state index >= 15 is 0 Å². The molecule has 0 aliphatic heterocycles. The fraction of sp³-hybridized carbons (Fsp3) is 0.0377. The molecule has 68 heavy (non-hydrogen) atoms. The Balaban J connectivity index is 0.833. The van der Waals surface area contributed by atoms with Gasteiger partial charge in [-0.2, -0.15) is 0 Å². The van der Waals surface area contributed by atoms with Gasteiger partial charge in [-0.15, -0.1) is 6.42 Å². The molecule has 0 spiro atoms. The van der Waals surface area contributed by atoms with Gasteiger partial charge in [0.1, 0.15) is 33.1 Å². The van der Waals surface area contributed by atoms with Crippen LogP contribution < -0.4 is 10.6 Å². The highest BCUT2D eigenvalue weighted by atomic mass is 16.4. The monoisotopic (exact) mass is 890 g/mol. The molecule has 0 saturated heterocycles. The van der Waals surface area contributed by atoms with Crippen molar-refractivity contribution in [3.05, 3.63) is 144 Å². The van der Waals surface area contributed by atoms with Gasteiger partial charge in [0.2, 0.25) is 29.5 Å². The quantitative estimate of drug-likeness (QED) is 0.143. The highest BCUT2D eigenvalue weighted by molar-refractivity contribution is 6.01. The van der Waals surface area contributed by atoms with Crippen LogP contribution in [0.25, 0.3) is 124 Å². The number of aromatic nitrogens is 6. The van der Waals surface area contributed by atoms with E-state index in [-0.39, 0.29) is 11.8 Å². The summed E-state index contributed by atoms with van der Waals surface area (Å²) in [5.74, 6) is 5.04. The average molecular weight is 891 g/mol. The SMILES string of the molecule is C#Cc1ccc(NC(=O)Nc2cc(-c3nc4cc5oc(-c6cccc(C)c6)nc5cc4o3)cc(-c3nc4cc5oc(-c6cccc(-c7nc8cc9oc(C)nc9cc8o7)c6)nc5cc4o3)c2)cc1. The van der Waals surface area contributed by atoms with Crippen molar-refractivity contribution in [2.24, 2.45) is 0 Å². The van der Waals surface area contributed by atoms with Gasteiger partial charge < -0.3 is 37.1 Å². The molecule has 0 saturated carbocycles. The van der Waals surface area contributed by atoms with E-state index in [2.05, 4.69) is 21.5 Å². The molecule has 6 heterocycles. The molecule has 0 radical (unpaired) electrons. The van der Waals surface area contributed by atoms with Crippen LogP contribution >= 0.6 is 0 Å². The number of hydrogen-bond acceptors (Lipinski definition) is 13. The molecule has 7 aromatic carbocycles. The highest BCUT2D eigenvalue weighted by Gasteiger charge is 2.21. The molecule has 0 aliphatic rings. The van der Waals surface area contributed by atoms with Crippen LogP contribution in [-0.2, 0) is 0 Å². The summed E-state index contributed by atoms with van der Waals surface area (Å²) in [6.07, 6.45) is 5.52. The van der Waals surface area contributed by atoms with Crippen molar-refractivity contribution in [3.8, 4) is 69.6 Å². The molecule has 0 unspecified atom stereocenters. The summed E-state index contributed by atoms with van der Waals surface area (Å²) in [6.45, 7) is 3.82. The zero-order valence-corrected chi connectivity index (χ0v) is 35.7. The molecule has 6 aromatic heterocycles. The van der Waals surface area contributed by atoms with Crippen LogP contribution in [0.4, 0.5) is 16.2 Å². The molecule has 2 N–H and O–H groups in total. The van der Waals surface area contributed by atoms with Gasteiger partial charge in [-0.1, -0.05) is 29.7 Å². The highest BCUT2D eigenvalue weighted by Crippen LogP contribution is 2.37. The van der Waals surface area contributed by atoms with Crippen molar-refractivity contribution in [2.45, 2.75) is 13.8 Å². The van der Waals surface area contributed by atoms with Gasteiger partial charge in [0, 0.05) is 88.1 Å². The summed E-state index contributed by atoms with van der Waals surface area (Å²) < 4.78 is 37.0. The minimum Gasteiger partial charge on any atom is -0.441 e. The molecule has 324 valence electrons. The topological polar surface area (TPSA) is 197 Å². The van der Waals surface area contributed by atoms with Crippen molar-refractivity contribution < 1.29 is 31.3 Å². The largest absolute Gasteiger partial charge is 0.441 e. The number of nitrogens with one attached hydrogen (secondary N) is 2. The van der Waals surface area contributed by atoms with Gasteiger partial charge in [0.05, 0.1) is 0 Å². The molecule has 13 aromatic rings. The first-order chi connectivity index (χ1) is 33.2. The molecule has 13 rings (SSSR count). The molecular formula is C53H30N8O7. The van der Waals surface area contributed by atoms with Crippen LogP contribution in [0.3, 0.4) is 0 Å². The molecule has 15 nitrogen and oxygen atoms in total. The maximum absolute atomic E-state index is 13.4. The number of benzene rings is 7. The Bertz CT molecular complexity index is 4080. The summed E-state index contributed by atoms with van der Waals surface area (Å²) in [5, 5.41) is 5.78. The average Bonchev–Trinajstić information content (AvgIpc) is 4.21. The lowest BCUT2D eigenvalue weighted by molar-refractivity contribution is 0.262. The van der Waals surface area contributed by atoms with Crippen LogP contribution in [0.2, 0.25) is 0 Å². The third kappa shape index (κ3) is 6.84. The van der Waals surface area contributed by atoms with E-state index in [4.69, 9.17) is 57.8 Å². The van der Waals surface area contributed by atoms with E-state index < -0.39 is 6.03 Å². The third-order valence-electron chi connectivity index (χ3n) is 11.4. The number of fused-ring (bicyclic) bond motifs is 6. The summed E-state index contributed by atoms with van der Waals surface area (Å²) >= 11 is 0. The fourth-order valence-electron chi connectivity index (χ4n) is 8.23. The van der Waals surface area contributed by atoms with Crippen LogP contribution in [0.15, 0.2) is 154 Å². The number of hydrogen-bond donors (Lipinski definition) is 2. The number of carbonyl (C=O) groups excluding carboxylic acids is 1. The van der Waals surface area contributed by atoms with Crippen LogP contribution in [0.1, 0.15) is 17.0 Å². The molecule has 0 bridgehead atoms. The molecule has 0 fully saturated rings. The predicted molar refractivity (Wildman–Crippen MR) is 256 cm³/mol. The maximum atomic E-state index is 13.4. The number of anilines is 2. The van der Waals surface area contributed by atoms with Crippen LogP contribution in [0, 0.1) is 26.2 Å². The molecular weight excluding hydrogens is 861 g/mol. The Hall–Kier alpha value is -9.81. The minimum atomic E-state index is -0.488. The fourth-order valence-corrected chi connectivity index (χ4v) is 8.23. The van der Waals surface area contributed by atoms with Crippen molar-refractivity contribution in [2.75, 3.05) is 10.6 Å². The lowest BCUT2D eigenvalue weighted by Gasteiger charge is -2.10. The van der Waals surface area contributed by atoms with Crippen molar-refractivity contribution in [1.29, 1.82) is 0 Å². The summed E-state index contributed by atoms with van der Waals surface area (Å²) in [7, 11) is 0. The number of carbonyl (C=O) groups is 1. The van der Waals surface area contributed by atoms with Gasteiger partial charge >= 0.3 is 6.03 Å². The Labute approximate surface area is 382 Å². The first-order valence-corrected chi connectivity index (χ1v) is 21.3. The Kier molecular flexibility index (Phi) is 8.45. The van der Waals surface area contributed by atoms with E-state index in [1.165, 1.54) is 0 Å². The second-order valence-electron chi connectivity index (χ2n) is 16.2. The number of terminal acetylenes is 1. The molecule has 2 amide bonds. The molecule has 0 atom stereocenters. The van der Waals surface area contributed by atoms with E-state index in [0.29, 0.717) is 118 Å². The van der Waals surface area contributed by atoms with Gasteiger partial charge in [-0.05, 0) is 79.7 Å². The second kappa shape index (κ2) is 14.9. The lowest BCUT2D eigenvalue weighted by Crippen LogP contribution is -2.19. The number of aryl methyl sites for hydroxylation is 2. The maximum Gasteiger partial charge on any atom is 0.323 e. The standard InChI is InChI=1S/C53H30N8O7/c1-4-28-11-13-34(14-12-28)55-53(62)56-35-18-32(51-60-40-24-44-38(22-46(40)67-51)57-48(64-44)29-8-5-7-26(2)15-29)17-33(19-35)52-61-41-25-45-39(23-47(41)68-52)59-50(66-45)31-10-6-9-30(16-31)49-58-37-21-42-36(20-43(37)65-49)54-27(3)63-42/h1,5-25H,2-3H3,(H2,55,56,62). The number of rotatable bonds is 7. The molecule has 15 heteroatoms. The minimum absolute atomic E-state index is 0.273. The zero-order chi connectivity index (χ0) is 45.6. The Morgan fingerprint density at radius 1 is 0.426 bits per heavy atom. The number of nitrogens with zero attached hydrogens (tertiary/aromatic N) is 6. The van der Waals surface area contributed by atoms with E-state index in [1.807, 2.05) is 73.7 Å². The second-order valence-corrected chi connectivity index (χ2v) is 16.2. The Morgan fingerprint density at radius 2 is 0.809 bits per heavy atom.